The van der Waals surface area contributed by atoms with Gasteiger partial charge in [-0.15, -0.1) is 0 Å². The molecule has 0 radical (unpaired) electrons. The van der Waals surface area contributed by atoms with Gasteiger partial charge in [0.2, 0.25) is 0 Å². The van der Waals surface area contributed by atoms with Crippen molar-refractivity contribution in [3.05, 3.63) is 58.2 Å². The molecule has 2 aromatic rings. The van der Waals surface area contributed by atoms with Gasteiger partial charge in [-0.25, -0.2) is 4.98 Å². The van der Waals surface area contributed by atoms with Gasteiger partial charge >= 0.3 is 0 Å². The molecule has 1 atom stereocenters. The topological polar surface area (TPSA) is 50.9 Å². The largest absolute Gasteiger partial charge is 0.383 e. The minimum atomic E-state index is -0.0487. The monoisotopic (exact) mass is 261 g/mol. The zero-order valence-electron chi connectivity index (χ0n) is 10.4. The maximum absolute atomic E-state index is 6.25. The first kappa shape index (κ1) is 12.9. The van der Waals surface area contributed by atoms with E-state index >= 15 is 0 Å². The second-order valence-corrected chi connectivity index (χ2v) is 4.58. The lowest BCUT2D eigenvalue weighted by Crippen LogP contribution is -2.21. The van der Waals surface area contributed by atoms with Gasteiger partial charge in [0, 0.05) is 16.8 Å². The van der Waals surface area contributed by atoms with E-state index in [1.54, 1.807) is 6.20 Å². The van der Waals surface area contributed by atoms with Crippen LogP contribution in [0.1, 0.15) is 22.7 Å². The molecule has 1 unspecified atom stereocenters. The normalized spacial score (nSPS) is 12.4. The Labute approximate surface area is 112 Å². The SMILES string of the molecule is CNC(c1ccccc1Cl)c1c(C)ccnc1N. The van der Waals surface area contributed by atoms with E-state index in [-0.39, 0.29) is 6.04 Å². The Balaban J connectivity index is 2.56. The second-order valence-electron chi connectivity index (χ2n) is 4.17. The Morgan fingerprint density at radius 1 is 1.28 bits per heavy atom. The molecule has 2 rings (SSSR count). The van der Waals surface area contributed by atoms with Gasteiger partial charge in [-0.1, -0.05) is 29.8 Å². The van der Waals surface area contributed by atoms with Crippen molar-refractivity contribution < 1.29 is 0 Å². The van der Waals surface area contributed by atoms with Crippen LogP contribution in [0.3, 0.4) is 0 Å². The smallest absolute Gasteiger partial charge is 0.128 e. The minimum absolute atomic E-state index is 0.0487. The van der Waals surface area contributed by atoms with Crippen molar-refractivity contribution in [1.29, 1.82) is 0 Å². The third-order valence-corrected chi connectivity index (χ3v) is 3.38. The Kier molecular flexibility index (Phi) is 3.84. The van der Waals surface area contributed by atoms with E-state index in [0.29, 0.717) is 5.82 Å². The summed E-state index contributed by atoms with van der Waals surface area (Å²) >= 11 is 6.25. The number of hydrogen-bond acceptors (Lipinski definition) is 3. The Morgan fingerprint density at radius 2 is 2.00 bits per heavy atom. The highest BCUT2D eigenvalue weighted by atomic mass is 35.5. The van der Waals surface area contributed by atoms with Crippen LogP contribution in [0.5, 0.6) is 0 Å². The molecule has 1 aromatic heterocycles. The Bertz CT molecular complexity index is 534. The summed E-state index contributed by atoms with van der Waals surface area (Å²) in [5.41, 5.74) is 9.07. The third-order valence-electron chi connectivity index (χ3n) is 3.03. The summed E-state index contributed by atoms with van der Waals surface area (Å²) in [6, 6.07) is 9.66. The van der Waals surface area contributed by atoms with E-state index in [9.17, 15) is 0 Å². The van der Waals surface area contributed by atoms with E-state index in [0.717, 1.165) is 21.7 Å². The molecule has 1 heterocycles. The van der Waals surface area contributed by atoms with E-state index < -0.39 is 0 Å². The Morgan fingerprint density at radius 3 is 2.61 bits per heavy atom. The lowest BCUT2D eigenvalue weighted by Gasteiger charge is -2.21. The molecule has 18 heavy (non-hydrogen) atoms. The first-order valence-electron chi connectivity index (χ1n) is 5.77. The molecule has 0 aliphatic heterocycles. The standard InChI is InChI=1S/C14H16ClN3/c1-9-7-8-18-14(16)12(9)13(17-2)10-5-3-4-6-11(10)15/h3-8,13,17H,1-2H3,(H2,16,18). The molecule has 0 amide bonds. The van der Waals surface area contributed by atoms with Crippen LogP contribution in [0.2, 0.25) is 5.02 Å². The summed E-state index contributed by atoms with van der Waals surface area (Å²) in [4.78, 5) is 4.16. The highest BCUT2D eigenvalue weighted by molar-refractivity contribution is 6.31. The molecule has 0 fully saturated rings. The fourth-order valence-electron chi connectivity index (χ4n) is 2.13. The van der Waals surface area contributed by atoms with E-state index in [2.05, 4.69) is 10.3 Å². The highest BCUT2D eigenvalue weighted by Crippen LogP contribution is 2.31. The van der Waals surface area contributed by atoms with Gasteiger partial charge in [0.25, 0.3) is 0 Å². The first-order chi connectivity index (χ1) is 8.65. The molecule has 1 aromatic carbocycles. The number of anilines is 1. The predicted molar refractivity (Wildman–Crippen MR) is 75.7 cm³/mol. The number of nitrogen functional groups attached to an aromatic ring is 1. The fraction of sp³-hybridized carbons (Fsp3) is 0.214. The van der Waals surface area contributed by atoms with Gasteiger partial charge in [0.15, 0.2) is 0 Å². The average molecular weight is 262 g/mol. The molecule has 3 nitrogen and oxygen atoms in total. The minimum Gasteiger partial charge on any atom is -0.383 e. The summed E-state index contributed by atoms with van der Waals surface area (Å²) in [6.45, 7) is 2.02. The van der Waals surface area contributed by atoms with Crippen molar-refractivity contribution in [2.24, 2.45) is 0 Å². The molecule has 0 saturated carbocycles. The number of pyridine rings is 1. The van der Waals surface area contributed by atoms with Gasteiger partial charge in [-0.2, -0.15) is 0 Å². The van der Waals surface area contributed by atoms with Gasteiger partial charge in [0.1, 0.15) is 5.82 Å². The maximum Gasteiger partial charge on any atom is 0.128 e. The highest BCUT2D eigenvalue weighted by Gasteiger charge is 2.19. The van der Waals surface area contributed by atoms with Crippen LogP contribution in [-0.2, 0) is 0 Å². The summed E-state index contributed by atoms with van der Waals surface area (Å²) < 4.78 is 0. The first-order valence-corrected chi connectivity index (χ1v) is 6.15. The zero-order chi connectivity index (χ0) is 13.1. The van der Waals surface area contributed by atoms with Crippen molar-refractivity contribution in [3.8, 4) is 0 Å². The van der Waals surface area contributed by atoms with Crippen LogP contribution in [0.15, 0.2) is 36.5 Å². The molecule has 0 spiro atoms. The van der Waals surface area contributed by atoms with Crippen molar-refractivity contribution >= 4 is 17.4 Å². The number of nitrogens with zero attached hydrogens (tertiary/aromatic N) is 1. The fourth-order valence-corrected chi connectivity index (χ4v) is 2.38. The van der Waals surface area contributed by atoms with Crippen molar-refractivity contribution in [3.63, 3.8) is 0 Å². The van der Waals surface area contributed by atoms with Crippen LogP contribution in [0, 0.1) is 6.92 Å². The van der Waals surface area contributed by atoms with Crippen LogP contribution < -0.4 is 11.1 Å². The molecule has 0 bridgehead atoms. The van der Waals surface area contributed by atoms with Crippen LogP contribution in [0.4, 0.5) is 5.82 Å². The molecule has 94 valence electrons. The summed E-state index contributed by atoms with van der Waals surface area (Å²) in [6.07, 6.45) is 1.72. The van der Waals surface area contributed by atoms with Gasteiger partial charge in [-0.3, -0.25) is 0 Å². The van der Waals surface area contributed by atoms with Gasteiger partial charge < -0.3 is 11.1 Å². The van der Waals surface area contributed by atoms with Gasteiger partial charge in [-0.05, 0) is 37.2 Å². The number of rotatable bonds is 3. The summed E-state index contributed by atoms with van der Waals surface area (Å²) in [7, 11) is 1.89. The number of hydrogen-bond donors (Lipinski definition) is 2. The molecule has 0 aliphatic rings. The number of benzene rings is 1. The van der Waals surface area contributed by atoms with E-state index in [4.69, 9.17) is 17.3 Å². The van der Waals surface area contributed by atoms with Crippen molar-refractivity contribution in [2.75, 3.05) is 12.8 Å². The summed E-state index contributed by atoms with van der Waals surface area (Å²) in [5, 5.41) is 3.97. The lowest BCUT2D eigenvalue weighted by molar-refractivity contribution is 0.687. The van der Waals surface area contributed by atoms with Crippen LogP contribution >= 0.6 is 11.6 Å². The van der Waals surface area contributed by atoms with Gasteiger partial charge in [0.05, 0.1) is 6.04 Å². The van der Waals surface area contributed by atoms with E-state index in [1.807, 2.05) is 44.3 Å². The second kappa shape index (κ2) is 5.38. The number of nitrogens with two attached hydrogens (primary N) is 1. The van der Waals surface area contributed by atoms with Crippen molar-refractivity contribution in [1.82, 2.24) is 10.3 Å². The number of aryl methyl sites for hydroxylation is 1. The molecular weight excluding hydrogens is 246 g/mol. The number of aromatic nitrogens is 1. The zero-order valence-corrected chi connectivity index (χ0v) is 11.2. The van der Waals surface area contributed by atoms with Crippen LogP contribution in [0.25, 0.3) is 0 Å². The number of halogens is 1. The summed E-state index contributed by atoms with van der Waals surface area (Å²) in [5.74, 6) is 0.536. The Hall–Kier alpha value is -1.58. The quantitative estimate of drug-likeness (QED) is 0.893. The predicted octanol–water partition coefficient (Wildman–Crippen LogP) is 2.93. The molecule has 0 saturated heterocycles. The lowest BCUT2D eigenvalue weighted by atomic mass is 9.96. The van der Waals surface area contributed by atoms with E-state index in [1.165, 1.54) is 0 Å². The maximum atomic E-state index is 6.25. The van der Waals surface area contributed by atoms with Crippen LogP contribution in [-0.4, -0.2) is 12.0 Å². The molecule has 0 aliphatic carbocycles. The molecule has 4 heteroatoms. The average Bonchev–Trinajstić information content (AvgIpc) is 2.35. The van der Waals surface area contributed by atoms with Crippen molar-refractivity contribution in [2.45, 2.75) is 13.0 Å². The molecular formula is C14H16ClN3. The third kappa shape index (κ3) is 2.33. The number of nitrogens with one attached hydrogen (secondary N) is 1. The molecule has 3 N–H and O–H groups in total.